The Hall–Kier alpha value is -4.20. The number of aromatic nitrogens is 4. The molecule has 0 spiro atoms. The number of hydrogen-bond acceptors (Lipinski definition) is 5. The lowest BCUT2D eigenvalue weighted by Gasteiger charge is -2.11. The maximum atomic E-state index is 12.4. The first kappa shape index (κ1) is 21.0. The van der Waals surface area contributed by atoms with E-state index < -0.39 is 17.1 Å². The molecule has 0 fully saturated rings. The second kappa shape index (κ2) is 8.50. The van der Waals surface area contributed by atoms with E-state index in [-0.39, 0.29) is 5.56 Å². The van der Waals surface area contributed by atoms with Crippen molar-refractivity contribution in [3.05, 3.63) is 104 Å². The van der Waals surface area contributed by atoms with Gasteiger partial charge in [0.2, 0.25) is 5.88 Å². The average molecular weight is 429 g/mol. The molecule has 0 bridgehead atoms. The minimum atomic E-state index is -0.720. The largest absolute Gasteiger partial charge is 0.493 e. The number of hydrogen-bond donors (Lipinski definition) is 2. The maximum absolute atomic E-state index is 12.4. The van der Waals surface area contributed by atoms with Gasteiger partial charge in [0.25, 0.3) is 5.56 Å². The topological polar surface area (TPSA) is 105 Å². The lowest BCUT2D eigenvalue weighted by molar-refractivity contribution is 0.430. The van der Waals surface area contributed by atoms with Gasteiger partial charge in [0.15, 0.2) is 0 Å². The van der Waals surface area contributed by atoms with Gasteiger partial charge in [-0.3, -0.25) is 19.5 Å². The summed E-state index contributed by atoms with van der Waals surface area (Å²) in [6.07, 6.45) is 1.27. The third kappa shape index (κ3) is 3.90. The fourth-order valence-corrected chi connectivity index (χ4v) is 3.61. The van der Waals surface area contributed by atoms with Gasteiger partial charge in [-0.25, -0.2) is 9.36 Å². The summed E-state index contributed by atoms with van der Waals surface area (Å²) >= 11 is 0. The van der Waals surface area contributed by atoms with E-state index in [1.165, 1.54) is 6.21 Å². The first-order valence-electron chi connectivity index (χ1n) is 10.1. The molecule has 0 saturated heterocycles. The number of nitrogens with one attached hydrogen (secondary N) is 1. The Balaban J connectivity index is 1.75. The molecule has 0 radical (unpaired) electrons. The van der Waals surface area contributed by atoms with Crippen LogP contribution >= 0.6 is 0 Å². The minimum Gasteiger partial charge on any atom is -0.493 e. The summed E-state index contributed by atoms with van der Waals surface area (Å²) in [6.45, 7) is 6.13. The van der Waals surface area contributed by atoms with Crippen molar-refractivity contribution in [1.29, 1.82) is 0 Å². The molecule has 2 aromatic carbocycles. The van der Waals surface area contributed by atoms with Crippen LogP contribution in [0.4, 0.5) is 5.69 Å². The number of aromatic amines is 1. The molecule has 4 rings (SSSR count). The third-order valence-corrected chi connectivity index (χ3v) is 5.32. The monoisotopic (exact) mass is 429 g/mol. The summed E-state index contributed by atoms with van der Waals surface area (Å²) in [6, 6.07) is 17.0. The van der Waals surface area contributed by atoms with Crippen molar-refractivity contribution in [2.45, 2.75) is 27.3 Å². The second-order valence-electron chi connectivity index (χ2n) is 7.54. The highest BCUT2D eigenvalue weighted by Gasteiger charge is 2.16. The summed E-state index contributed by atoms with van der Waals surface area (Å²) < 4.78 is 2.91. The van der Waals surface area contributed by atoms with E-state index >= 15 is 0 Å². The van der Waals surface area contributed by atoms with E-state index in [1.807, 2.05) is 67.9 Å². The fraction of sp³-hybridized carbons (Fsp3) is 0.167. The maximum Gasteiger partial charge on any atom is 0.335 e. The molecule has 0 aliphatic carbocycles. The van der Waals surface area contributed by atoms with E-state index in [4.69, 9.17) is 0 Å². The molecule has 162 valence electrons. The molecule has 2 N–H and O–H groups in total. The Morgan fingerprint density at radius 3 is 2.44 bits per heavy atom. The van der Waals surface area contributed by atoms with Crippen LogP contribution < -0.4 is 11.2 Å². The first-order valence-corrected chi connectivity index (χ1v) is 10.1. The molecular weight excluding hydrogens is 406 g/mol. The highest BCUT2D eigenvalue weighted by Crippen LogP contribution is 2.24. The van der Waals surface area contributed by atoms with Gasteiger partial charge in [-0.05, 0) is 38.0 Å². The van der Waals surface area contributed by atoms with Crippen LogP contribution in [0.1, 0.15) is 28.1 Å². The number of rotatable bonds is 5. The van der Waals surface area contributed by atoms with Gasteiger partial charge in [-0.15, -0.1) is 0 Å². The van der Waals surface area contributed by atoms with E-state index in [1.54, 1.807) is 12.1 Å². The van der Waals surface area contributed by atoms with Gasteiger partial charge in [-0.2, -0.15) is 5.10 Å². The molecule has 0 atom stereocenters. The molecule has 8 heteroatoms. The van der Waals surface area contributed by atoms with Crippen LogP contribution in [0.3, 0.4) is 0 Å². The second-order valence-corrected chi connectivity index (χ2v) is 7.54. The number of nitrogens with zero attached hydrogens (tertiary/aromatic N) is 4. The predicted molar refractivity (Wildman–Crippen MR) is 124 cm³/mol. The molecule has 0 unspecified atom stereocenters. The van der Waals surface area contributed by atoms with Crippen molar-refractivity contribution in [3.63, 3.8) is 0 Å². The number of aliphatic imine (C=N–C) groups is 1. The van der Waals surface area contributed by atoms with Crippen LogP contribution in [-0.2, 0) is 6.54 Å². The highest BCUT2D eigenvalue weighted by molar-refractivity contribution is 5.84. The quantitative estimate of drug-likeness (QED) is 0.476. The molecule has 0 amide bonds. The summed E-state index contributed by atoms with van der Waals surface area (Å²) in [7, 11) is 0. The number of para-hydroxylation sites is 1. The standard InChI is InChI=1S/C24H23N5O3/c1-15-9-7-8-12-20(15)29-23(31)19(22(30)26-24(29)32)13-25-21-16(2)27-28(17(21)3)14-18-10-5-4-6-11-18/h4-13,31H,14H2,1-3H3,(H,26,30,32). The normalized spacial score (nSPS) is 11.3. The lowest BCUT2D eigenvalue weighted by Crippen LogP contribution is -2.31. The summed E-state index contributed by atoms with van der Waals surface area (Å²) in [5.74, 6) is -0.469. The Morgan fingerprint density at radius 2 is 1.72 bits per heavy atom. The number of benzene rings is 2. The summed E-state index contributed by atoms with van der Waals surface area (Å²) in [5, 5.41) is 15.3. The first-order chi connectivity index (χ1) is 15.4. The van der Waals surface area contributed by atoms with E-state index in [9.17, 15) is 14.7 Å². The molecular formula is C24H23N5O3. The van der Waals surface area contributed by atoms with E-state index in [0.29, 0.717) is 23.6 Å². The van der Waals surface area contributed by atoms with Crippen molar-refractivity contribution in [1.82, 2.24) is 19.3 Å². The van der Waals surface area contributed by atoms with Crippen LogP contribution in [0.15, 0.2) is 69.2 Å². The summed E-state index contributed by atoms with van der Waals surface area (Å²) in [4.78, 5) is 31.5. The average Bonchev–Trinajstić information content (AvgIpc) is 3.02. The molecule has 32 heavy (non-hydrogen) atoms. The third-order valence-electron chi connectivity index (χ3n) is 5.32. The van der Waals surface area contributed by atoms with E-state index in [2.05, 4.69) is 15.1 Å². The SMILES string of the molecule is Cc1ccccc1-n1c(O)c(C=Nc2c(C)nn(Cc3ccccc3)c2C)c(=O)[nH]c1=O. The minimum absolute atomic E-state index is 0.109. The van der Waals surface area contributed by atoms with Crippen molar-refractivity contribution >= 4 is 11.9 Å². The van der Waals surface area contributed by atoms with Crippen molar-refractivity contribution in [3.8, 4) is 11.6 Å². The van der Waals surface area contributed by atoms with E-state index in [0.717, 1.165) is 21.4 Å². The van der Waals surface area contributed by atoms with Crippen LogP contribution in [0.2, 0.25) is 0 Å². The van der Waals surface area contributed by atoms with Gasteiger partial charge in [0.1, 0.15) is 11.3 Å². The fourth-order valence-electron chi connectivity index (χ4n) is 3.61. The zero-order chi connectivity index (χ0) is 22.8. The molecule has 0 saturated carbocycles. The zero-order valence-corrected chi connectivity index (χ0v) is 18.0. The molecule has 2 heterocycles. The smallest absolute Gasteiger partial charge is 0.335 e. The van der Waals surface area contributed by atoms with Crippen LogP contribution in [0.25, 0.3) is 5.69 Å². The Morgan fingerprint density at radius 1 is 1.03 bits per heavy atom. The zero-order valence-electron chi connectivity index (χ0n) is 18.0. The van der Waals surface area contributed by atoms with Crippen LogP contribution in [0.5, 0.6) is 5.88 Å². The van der Waals surface area contributed by atoms with Gasteiger partial charge in [0, 0.05) is 6.21 Å². The lowest BCUT2D eigenvalue weighted by atomic mass is 10.2. The van der Waals surface area contributed by atoms with Gasteiger partial charge < -0.3 is 5.11 Å². The molecule has 2 aromatic heterocycles. The van der Waals surface area contributed by atoms with Gasteiger partial charge in [-0.1, -0.05) is 48.5 Å². The Bertz CT molecular complexity index is 1430. The Kier molecular flexibility index (Phi) is 5.59. The number of aromatic hydroxyl groups is 1. The molecule has 8 nitrogen and oxygen atoms in total. The van der Waals surface area contributed by atoms with Gasteiger partial charge in [0.05, 0.1) is 23.6 Å². The predicted octanol–water partition coefficient (Wildman–Crippen LogP) is 3.15. The van der Waals surface area contributed by atoms with Crippen molar-refractivity contribution in [2.24, 2.45) is 4.99 Å². The van der Waals surface area contributed by atoms with Crippen molar-refractivity contribution < 1.29 is 5.11 Å². The molecule has 4 aromatic rings. The summed E-state index contributed by atoms with van der Waals surface area (Å²) in [5.41, 5.74) is 2.93. The van der Waals surface area contributed by atoms with Crippen LogP contribution in [0, 0.1) is 20.8 Å². The Labute approximate surface area is 184 Å². The molecule has 0 aliphatic heterocycles. The van der Waals surface area contributed by atoms with Crippen LogP contribution in [-0.4, -0.2) is 30.7 Å². The number of aryl methyl sites for hydroxylation is 2. The molecule has 0 aliphatic rings. The van der Waals surface area contributed by atoms with Gasteiger partial charge >= 0.3 is 5.69 Å². The highest BCUT2D eigenvalue weighted by atomic mass is 16.3. The van der Waals surface area contributed by atoms with Crippen molar-refractivity contribution in [2.75, 3.05) is 0 Å². The number of H-pyrrole nitrogens is 1.